The molecule has 1 N–H and O–H groups in total. The van der Waals surface area contributed by atoms with E-state index in [0.29, 0.717) is 25.9 Å². The molecular formula is C15H26F3N3O. The first-order chi connectivity index (χ1) is 10.4. The average molecular weight is 321 g/mol. The number of hydrogen-bond acceptors (Lipinski definition) is 3. The van der Waals surface area contributed by atoms with Gasteiger partial charge in [0.1, 0.15) is 0 Å². The van der Waals surface area contributed by atoms with Gasteiger partial charge >= 0.3 is 6.18 Å². The number of rotatable bonds is 4. The maximum absolute atomic E-state index is 12.7. The van der Waals surface area contributed by atoms with Gasteiger partial charge in [0.05, 0.1) is 12.5 Å². The van der Waals surface area contributed by atoms with Crippen molar-refractivity contribution in [1.82, 2.24) is 15.1 Å². The zero-order valence-electron chi connectivity index (χ0n) is 13.2. The third-order valence-electron chi connectivity index (χ3n) is 4.83. The minimum absolute atomic E-state index is 0.0287. The molecule has 2 aliphatic rings. The predicted molar refractivity (Wildman–Crippen MR) is 78.5 cm³/mol. The first kappa shape index (κ1) is 17.5. The Morgan fingerprint density at radius 1 is 1.18 bits per heavy atom. The van der Waals surface area contributed by atoms with Crippen LogP contribution in [0.4, 0.5) is 13.2 Å². The van der Waals surface area contributed by atoms with Crippen molar-refractivity contribution in [1.29, 1.82) is 0 Å². The molecule has 2 fully saturated rings. The van der Waals surface area contributed by atoms with E-state index in [1.54, 1.807) is 4.90 Å². The highest BCUT2D eigenvalue weighted by atomic mass is 19.4. The Balaban J connectivity index is 1.84. The SMILES string of the molecule is CCN(C(=O)CN1CCNCC1)C1CCC(C(F)(F)F)CC1. The van der Waals surface area contributed by atoms with Gasteiger partial charge in [0.15, 0.2) is 0 Å². The van der Waals surface area contributed by atoms with Crippen molar-refractivity contribution in [2.75, 3.05) is 39.3 Å². The monoisotopic (exact) mass is 321 g/mol. The Morgan fingerprint density at radius 2 is 1.77 bits per heavy atom. The van der Waals surface area contributed by atoms with Crippen LogP contribution in [0.25, 0.3) is 0 Å². The zero-order valence-corrected chi connectivity index (χ0v) is 13.2. The van der Waals surface area contributed by atoms with E-state index >= 15 is 0 Å². The second kappa shape index (κ2) is 7.64. The molecule has 128 valence electrons. The van der Waals surface area contributed by atoms with Crippen LogP contribution >= 0.6 is 0 Å². The summed E-state index contributed by atoms with van der Waals surface area (Å²) in [6, 6.07) is -0.0287. The van der Waals surface area contributed by atoms with Gasteiger partial charge in [-0.05, 0) is 32.6 Å². The summed E-state index contributed by atoms with van der Waals surface area (Å²) in [5.74, 6) is -1.13. The molecule has 0 bridgehead atoms. The minimum atomic E-state index is -4.09. The van der Waals surface area contributed by atoms with Crippen molar-refractivity contribution in [3.8, 4) is 0 Å². The Bertz CT molecular complexity index is 362. The van der Waals surface area contributed by atoms with Crippen molar-refractivity contribution in [2.45, 2.75) is 44.8 Å². The molecule has 2 rings (SSSR count). The molecule has 1 aliphatic heterocycles. The van der Waals surface area contributed by atoms with E-state index in [2.05, 4.69) is 10.2 Å². The lowest BCUT2D eigenvalue weighted by Crippen LogP contribution is -2.51. The summed E-state index contributed by atoms with van der Waals surface area (Å²) < 4.78 is 38.2. The lowest BCUT2D eigenvalue weighted by Gasteiger charge is -2.38. The van der Waals surface area contributed by atoms with Crippen LogP contribution in [0, 0.1) is 5.92 Å². The Labute approximate surface area is 130 Å². The lowest BCUT2D eigenvalue weighted by atomic mass is 9.85. The largest absolute Gasteiger partial charge is 0.391 e. The highest BCUT2D eigenvalue weighted by molar-refractivity contribution is 5.78. The van der Waals surface area contributed by atoms with Gasteiger partial charge in [-0.1, -0.05) is 0 Å². The van der Waals surface area contributed by atoms with Gasteiger partial charge in [0.2, 0.25) is 5.91 Å². The molecular weight excluding hydrogens is 295 g/mol. The molecule has 1 saturated heterocycles. The average Bonchev–Trinajstić information content (AvgIpc) is 2.48. The third kappa shape index (κ3) is 4.59. The smallest absolute Gasteiger partial charge is 0.339 e. The van der Waals surface area contributed by atoms with E-state index < -0.39 is 12.1 Å². The van der Waals surface area contributed by atoms with Crippen molar-refractivity contribution in [3.05, 3.63) is 0 Å². The molecule has 0 aromatic rings. The van der Waals surface area contributed by atoms with Gasteiger partial charge in [-0.25, -0.2) is 0 Å². The van der Waals surface area contributed by atoms with E-state index in [1.165, 1.54) is 0 Å². The van der Waals surface area contributed by atoms with Crippen LogP contribution in [0.3, 0.4) is 0 Å². The number of nitrogens with one attached hydrogen (secondary N) is 1. The predicted octanol–water partition coefficient (Wildman–Crippen LogP) is 1.86. The second-order valence-corrected chi connectivity index (χ2v) is 6.25. The number of carbonyl (C=O) groups excluding carboxylic acids is 1. The molecule has 1 aliphatic carbocycles. The summed E-state index contributed by atoms with van der Waals surface area (Å²) in [5, 5.41) is 3.24. The van der Waals surface area contributed by atoms with Crippen molar-refractivity contribution >= 4 is 5.91 Å². The van der Waals surface area contributed by atoms with Gasteiger partial charge in [0.25, 0.3) is 0 Å². The maximum atomic E-state index is 12.7. The van der Waals surface area contributed by atoms with Gasteiger partial charge in [-0.3, -0.25) is 9.69 Å². The van der Waals surface area contributed by atoms with Crippen LogP contribution < -0.4 is 5.32 Å². The first-order valence-corrected chi connectivity index (χ1v) is 8.21. The maximum Gasteiger partial charge on any atom is 0.391 e. The fourth-order valence-corrected chi connectivity index (χ4v) is 3.50. The molecule has 1 saturated carbocycles. The fourth-order valence-electron chi connectivity index (χ4n) is 3.50. The molecule has 0 atom stereocenters. The minimum Gasteiger partial charge on any atom is -0.339 e. The number of alkyl halides is 3. The zero-order chi connectivity index (χ0) is 16.2. The summed E-state index contributed by atoms with van der Waals surface area (Å²) in [6.07, 6.45) is -2.87. The molecule has 0 aromatic heterocycles. The van der Waals surface area contributed by atoms with Gasteiger partial charge < -0.3 is 10.2 Å². The van der Waals surface area contributed by atoms with E-state index in [4.69, 9.17) is 0 Å². The molecule has 22 heavy (non-hydrogen) atoms. The molecule has 0 unspecified atom stereocenters. The number of likely N-dealkylation sites (N-methyl/N-ethyl adjacent to an activating group) is 1. The van der Waals surface area contributed by atoms with Crippen LogP contribution in [-0.2, 0) is 4.79 Å². The van der Waals surface area contributed by atoms with Crippen LogP contribution in [0.15, 0.2) is 0 Å². The second-order valence-electron chi connectivity index (χ2n) is 6.25. The number of hydrogen-bond donors (Lipinski definition) is 1. The molecule has 0 spiro atoms. The normalized spacial score (nSPS) is 27.6. The number of piperazine rings is 1. The van der Waals surface area contributed by atoms with E-state index in [9.17, 15) is 18.0 Å². The van der Waals surface area contributed by atoms with E-state index in [1.807, 2.05) is 6.92 Å². The summed E-state index contributed by atoms with van der Waals surface area (Å²) in [4.78, 5) is 16.4. The molecule has 4 nitrogen and oxygen atoms in total. The number of amides is 1. The van der Waals surface area contributed by atoms with Crippen molar-refractivity contribution in [2.24, 2.45) is 5.92 Å². The van der Waals surface area contributed by atoms with Gasteiger partial charge in [-0.15, -0.1) is 0 Å². The highest BCUT2D eigenvalue weighted by Gasteiger charge is 2.42. The molecule has 1 heterocycles. The summed E-state index contributed by atoms with van der Waals surface area (Å²) >= 11 is 0. The topological polar surface area (TPSA) is 35.6 Å². The third-order valence-corrected chi connectivity index (χ3v) is 4.83. The Hall–Kier alpha value is -0.820. The quantitative estimate of drug-likeness (QED) is 0.858. The van der Waals surface area contributed by atoms with Crippen LogP contribution in [0.2, 0.25) is 0 Å². The molecule has 7 heteroatoms. The molecule has 0 radical (unpaired) electrons. The summed E-state index contributed by atoms with van der Waals surface area (Å²) in [5.41, 5.74) is 0. The lowest BCUT2D eigenvalue weighted by molar-refractivity contribution is -0.184. The van der Waals surface area contributed by atoms with Crippen LogP contribution in [0.1, 0.15) is 32.6 Å². The van der Waals surface area contributed by atoms with Crippen LogP contribution in [-0.4, -0.2) is 67.2 Å². The Kier molecular flexibility index (Phi) is 6.09. The summed E-state index contributed by atoms with van der Waals surface area (Å²) in [6.45, 7) is 6.34. The van der Waals surface area contributed by atoms with E-state index in [-0.39, 0.29) is 24.8 Å². The number of halogens is 3. The van der Waals surface area contributed by atoms with Gasteiger partial charge in [-0.2, -0.15) is 13.2 Å². The molecule has 1 amide bonds. The fraction of sp³-hybridized carbons (Fsp3) is 0.933. The number of carbonyl (C=O) groups is 1. The van der Waals surface area contributed by atoms with Gasteiger partial charge in [0, 0.05) is 38.8 Å². The van der Waals surface area contributed by atoms with Crippen molar-refractivity contribution < 1.29 is 18.0 Å². The first-order valence-electron chi connectivity index (χ1n) is 8.21. The summed E-state index contributed by atoms with van der Waals surface area (Å²) in [7, 11) is 0. The molecule has 0 aromatic carbocycles. The number of nitrogens with zero attached hydrogens (tertiary/aromatic N) is 2. The van der Waals surface area contributed by atoms with Crippen LogP contribution in [0.5, 0.6) is 0 Å². The highest BCUT2D eigenvalue weighted by Crippen LogP contribution is 2.38. The van der Waals surface area contributed by atoms with E-state index in [0.717, 1.165) is 26.2 Å². The standard InChI is InChI=1S/C15H26F3N3O/c1-2-21(14(22)11-20-9-7-19-8-10-20)13-5-3-12(4-6-13)15(16,17)18/h12-13,19H,2-11H2,1H3. The Morgan fingerprint density at radius 3 is 2.27 bits per heavy atom. The van der Waals surface area contributed by atoms with Crippen molar-refractivity contribution in [3.63, 3.8) is 0 Å².